The van der Waals surface area contributed by atoms with Crippen LogP contribution in [-0.2, 0) is 4.79 Å². The summed E-state index contributed by atoms with van der Waals surface area (Å²) in [5.41, 5.74) is 0. The van der Waals surface area contributed by atoms with Gasteiger partial charge in [0.15, 0.2) is 5.82 Å². The molecular formula is C18H25N5O2S. The molecule has 2 N–H and O–H groups in total. The van der Waals surface area contributed by atoms with Gasteiger partial charge < -0.3 is 10.2 Å². The number of thiophene rings is 1. The lowest BCUT2D eigenvalue weighted by atomic mass is 10.1. The number of nitrogens with one attached hydrogen (secondary N) is 2. The van der Waals surface area contributed by atoms with Crippen LogP contribution in [0.5, 0.6) is 0 Å². The van der Waals surface area contributed by atoms with Crippen molar-refractivity contribution in [1.82, 2.24) is 25.4 Å². The van der Waals surface area contributed by atoms with Gasteiger partial charge >= 0.3 is 0 Å². The van der Waals surface area contributed by atoms with E-state index >= 15 is 0 Å². The van der Waals surface area contributed by atoms with Crippen molar-refractivity contribution >= 4 is 23.2 Å². The minimum atomic E-state index is -0.237. The third kappa shape index (κ3) is 4.12. The highest BCUT2D eigenvalue weighted by Crippen LogP contribution is 2.33. The van der Waals surface area contributed by atoms with Gasteiger partial charge in [-0.05, 0) is 38.3 Å². The molecule has 140 valence electrons. The molecule has 0 bridgehead atoms. The Hall–Kier alpha value is -2.22. The predicted octanol–water partition coefficient (Wildman–Crippen LogP) is 2.60. The molecular weight excluding hydrogens is 350 g/mol. The van der Waals surface area contributed by atoms with E-state index in [1.807, 2.05) is 39.8 Å². The highest BCUT2D eigenvalue weighted by Gasteiger charge is 2.39. The van der Waals surface area contributed by atoms with Crippen LogP contribution < -0.4 is 5.32 Å². The molecule has 1 aliphatic heterocycles. The summed E-state index contributed by atoms with van der Waals surface area (Å²) >= 11 is 1.48. The Bertz CT molecular complexity index is 797. The number of hydrogen-bond acceptors (Lipinski definition) is 5. The third-order valence-corrected chi connectivity index (χ3v) is 5.37. The van der Waals surface area contributed by atoms with Gasteiger partial charge in [-0.1, -0.05) is 13.8 Å². The van der Waals surface area contributed by atoms with Crippen LogP contribution in [-0.4, -0.2) is 44.5 Å². The number of amides is 2. The van der Waals surface area contributed by atoms with Gasteiger partial charge in [0.05, 0.1) is 10.9 Å². The summed E-state index contributed by atoms with van der Waals surface area (Å²) in [4.78, 5) is 33.2. The average molecular weight is 375 g/mol. The Labute approximate surface area is 157 Å². The maximum Gasteiger partial charge on any atom is 0.264 e. The molecule has 2 aromatic heterocycles. The van der Waals surface area contributed by atoms with Crippen molar-refractivity contribution in [3.05, 3.63) is 33.5 Å². The molecule has 0 radical (unpaired) electrons. The second-order valence-corrected chi connectivity index (χ2v) is 8.55. The molecule has 0 aromatic carbocycles. The summed E-state index contributed by atoms with van der Waals surface area (Å²) in [7, 11) is 0. The Kier molecular flexibility index (Phi) is 5.41. The molecule has 1 aliphatic rings. The lowest BCUT2D eigenvalue weighted by Gasteiger charge is -2.21. The molecule has 0 saturated carbocycles. The van der Waals surface area contributed by atoms with Crippen molar-refractivity contribution in [2.45, 2.75) is 52.6 Å². The number of rotatable bonds is 5. The number of aryl methyl sites for hydroxylation is 2. The van der Waals surface area contributed by atoms with E-state index in [4.69, 9.17) is 0 Å². The topological polar surface area (TPSA) is 91.0 Å². The molecule has 2 aromatic rings. The number of carbonyl (C=O) groups is 2. The Morgan fingerprint density at radius 2 is 2.15 bits per heavy atom. The molecule has 8 heteroatoms. The lowest BCUT2D eigenvalue weighted by Crippen LogP contribution is -2.38. The van der Waals surface area contributed by atoms with Crippen molar-refractivity contribution in [3.8, 4) is 0 Å². The van der Waals surface area contributed by atoms with E-state index < -0.39 is 0 Å². The number of nitrogens with zero attached hydrogens (tertiary/aromatic N) is 3. The van der Waals surface area contributed by atoms with Crippen LogP contribution >= 0.6 is 11.3 Å². The molecule has 7 nitrogen and oxygen atoms in total. The van der Waals surface area contributed by atoms with E-state index in [1.54, 1.807) is 4.90 Å². The van der Waals surface area contributed by atoms with E-state index in [9.17, 15) is 9.59 Å². The smallest absolute Gasteiger partial charge is 0.264 e. The molecule has 0 spiro atoms. The van der Waals surface area contributed by atoms with Crippen LogP contribution in [0, 0.1) is 19.8 Å². The summed E-state index contributed by atoms with van der Waals surface area (Å²) in [6.45, 7) is 8.32. The number of aromatic amines is 1. The van der Waals surface area contributed by atoms with Gasteiger partial charge in [0, 0.05) is 23.9 Å². The van der Waals surface area contributed by atoms with Crippen molar-refractivity contribution in [2.75, 3.05) is 6.54 Å². The van der Waals surface area contributed by atoms with Crippen LogP contribution in [0.4, 0.5) is 0 Å². The van der Waals surface area contributed by atoms with Crippen LogP contribution in [0.2, 0.25) is 0 Å². The Balaban J connectivity index is 1.79. The molecule has 2 amide bonds. The second kappa shape index (κ2) is 7.57. The zero-order chi connectivity index (χ0) is 18.8. The fourth-order valence-corrected chi connectivity index (χ4v) is 4.09. The first-order chi connectivity index (χ1) is 12.3. The van der Waals surface area contributed by atoms with Gasteiger partial charge in [-0.15, -0.1) is 11.3 Å². The van der Waals surface area contributed by atoms with Crippen molar-refractivity contribution in [1.29, 1.82) is 0 Å². The summed E-state index contributed by atoms with van der Waals surface area (Å²) in [6.07, 6.45) is 1.11. The van der Waals surface area contributed by atoms with E-state index in [2.05, 4.69) is 20.5 Å². The lowest BCUT2D eigenvalue weighted by molar-refractivity contribution is -0.122. The fraction of sp³-hybridized carbons (Fsp3) is 0.556. The summed E-state index contributed by atoms with van der Waals surface area (Å²) in [5, 5.41) is 10.2. The highest BCUT2D eigenvalue weighted by atomic mass is 32.1. The summed E-state index contributed by atoms with van der Waals surface area (Å²) in [5.74, 6) is 1.61. The minimum absolute atomic E-state index is 0.0242. The van der Waals surface area contributed by atoms with Gasteiger partial charge in [-0.2, -0.15) is 5.10 Å². The first kappa shape index (κ1) is 18.6. The molecule has 26 heavy (non-hydrogen) atoms. The maximum atomic E-state index is 13.0. The van der Waals surface area contributed by atoms with Crippen LogP contribution in [0.25, 0.3) is 0 Å². The largest absolute Gasteiger partial charge is 0.351 e. The maximum absolute atomic E-state index is 13.0. The molecule has 3 rings (SSSR count). The monoisotopic (exact) mass is 375 g/mol. The fourth-order valence-electron chi connectivity index (χ4n) is 3.27. The third-order valence-electron chi connectivity index (χ3n) is 4.38. The molecule has 2 atom stereocenters. The predicted molar refractivity (Wildman–Crippen MR) is 100.0 cm³/mol. The van der Waals surface area contributed by atoms with E-state index in [-0.39, 0.29) is 23.9 Å². The minimum Gasteiger partial charge on any atom is -0.351 e. The number of likely N-dealkylation sites (tertiary alicyclic amines) is 1. The normalized spacial score (nSPS) is 20.0. The van der Waals surface area contributed by atoms with Gasteiger partial charge in [-0.25, -0.2) is 4.98 Å². The van der Waals surface area contributed by atoms with Crippen molar-refractivity contribution < 1.29 is 9.59 Å². The first-order valence-electron chi connectivity index (χ1n) is 8.89. The van der Waals surface area contributed by atoms with Gasteiger partial charge in [0.25, 0.3) is 5.91 Å². The first-order valence-corrected chi connectivity index (χ1v) is 9.70. The van der Waals surface area contributed by atoms with Gasteiger partial charge in [0.2, 0.25) is 5.91 Å². The molecule has 1 fully saturated rings. The number of H-pyrrole nitrogens is 1. The van der Waals surface area contributed by atoms with Crippen LogP contribution in [0.15, 0.2) is 12.1 Å². The Morgan fingerprint density at radius 1 is 1.38 bits per heavy atom. The van der Waals surface area contributed by atoms with Crippen molar-refractivity contribution in [3.63, 3.8) is 0 Å². The van der Waals surface area contributed by atoms with E-state index in [0.717, 1.165) is 4.88 Å². The summed E-state index contributed by atoms with van der Waals surface area (Å²) in [6, 6.07) is 3.48. The number of carbonyl (C=O) groups excluding carboxylic acids is 2. The summed E-state index contributed by atoms with van der Waals surface area (Å²) < 4.78 is 0. The molecule has 0 unspecified atom stereocenters. The van der Waals surface area contributed by atoms with E-state index in [0.29, 0.717) is 41.8 Å². The van der Waals surface area contributed by atoms with Crippen LogP contribution in [0.3, 0.4) is 0 Å². The van der Waals surface area contributed by atoms with Crippen molar-refractivity contribution in [2.24, 2.45) is 5.92 Å². The number of hydrogen-bond donors (Lipinski definition) is 2. The molecule has 1 saturated heterocycles. The van der Waals surface area contributed by atoms with Gasteiger partial charge in [0.1, 0.15) is 5.82 Å². The highest BCUT2D eigenvalue weighted by molar-refractivity contribution is 7.13. The number of aromatic nitrogens is 3. The molecule has 3 heterocycles. The second-order valence-electron chi connectivity index (χ2n) is 7.26. The van der Waals surface area contributed by atoms with E-state index in [1.165, 1.54) is 11.3 Å². The zero-order valence-corrected chi connectivity index (χ0v) is 16.4. The molecule has 0 aliphatic carbocycles. The Morgan fingerprint density at radius 3 is 2.73 bits per heavy atom. The quantitative estimate of drug-likeness (QED) is 0.840. The standard InChI is InChI=1S/C18H25N5O2S/c1-10(2)7-16(24)20-13-8-14(17-19-12(4)21-22-17)23(9-13)18(25)15-6-5-11(3)26-15/h5-6,10,13-14H,7-9H2,1-4H3,(H,20,24)(H,19,21,22)/t13-,14-/m0/s1. The average Bonchev–Trinajstić information content (AvgIpc) is 3.25. The SMILES string of the molecule is Cc1nc([C@@H]2C[C@H](NC(=O)CC(C)C)CN2C(=O)c2ccc(C)s2)n[nH]1. The van der Waals surface area contributed by atoms with Gasteiger partial charge in [-0.3, -0.25) is 14.7 Å². The zero-order valence-electron chi connectivity index (χ0n) is 15.6. The van der Waals surface area contributed by atoms with Crippen LogP contribution in [0.1, 0.15) is 58.9 Å².